The molecular formula is C19H28IN5S. The molecule has 1 aromatic carbocycles. The second-order valence-electron chi connectivity index (χ2n) is 6.55. The van der Waals surface area contributed by atoms with E-state index in [9.17, 15) is 0 Å². The summed E-state index contributed by atoms with van der Waals surface area (Å²) >= 11 is 1.89. The molecule has 1 aliphatic rings. The average Bonchev–Trinajstić information content (AvgIpc) is 3.25. The summed E-state index contributed by atoms with van der Waals surface area (Å²) in [5.41, 5.74) is 1.33. The SMILES string of the molecule is CN=C(NCC(C)Sc1ccccc1)N1CCC(c2cnn(C)c2)C1.I. The van der Waals surface area contributed by atoms with Gasteiger partial charge in [-0.05, 0) is 24.1 Å². The van der Waals surface area contributed by atoms with Gasteiger partial charge in [0.05, 0.1) is 6.20 Å². The third-order valence-electron chi connectivity index (χ3n) is 4.52. The molecule has 0 radical (unpaired) electrons. The maximum absolute atomic E-state index is 4.48. The van der Waals surface area contributed by atoms with Gasteiger partial charge in [0.15, 0.2) is 5.96 Å². The predicted octanol–water partition coefficient (Wildman–Crippen LogP) is 3.58. The lowest BCUT2D eigenvalue weighted by atomic mass is 10.0. The van der Waals surface area contributed by atoms with E-state index >= 15 is 0 Å². The minimum absolute atomic E-state index is 0. The molecule has 2 aromatic rings. The maximum Gasteiger partial charge on any atom is 0.193 e. The number of hydrogen-bond acceptors (Lipinski definition) is 3. The monoisotopic (exact) mass is 485 g/mol. The summed E-state index contributed by atoms with van der Waals surface area (Å²) in [5.74, 6) is 1.55. The summed E-state index contributed by atoms with van der Waals surface area (Å²) in [6.45, 7) is 5.20. The largest absolute Gasteiger partial charge is 0.355 e. The third-order valence-corrected chi connectivity index (χ3v) is 5.64. The quantitative estimate of drug-likeness (QED) is 0.305. The van der Waals surface area contributed by atoms with Gasteiger partial charge in [-0.1, -0.05) is 25.1 Å². The van der Waals surface area contributed by atoms with E-state index in [4.69, 9.17) is 0 Å². The Labute approximate surface area is 177 Å². The summed E-state index contributed by atoms with van der Waals surface area (Å²) < 4.78 is 1.88. The zero-order valence-electron chi connectivity index (χ0n) is 15.6. The molecule has 142 valence electrons. The van der Waals surface area contributed by atoms with Gasteiger partial charge in [-0.15, -0.1) is 35.7 Å². The van der Waals surface area contributed by atoms with E-state index in [1.807, 2.05) is 36.7 Å². The topological polar surface area (TPSA) is 45.5 Å². The molecule has 1 aromatic heterocycles. The first-order valence-electron chi connectivity index (χ1n) is 8.81. The van der Waals surface area contributed by atoms with Crippen molar-refractivity contribution in [3.05, 3.63) is 48.3 Å². The second kappa shape index (κ2) is 10.2. The Balaban J connectivity index is 0.00000243. The van der Waals surface area contributed by atoms with Crippen LogP contribution < -0.4 is 5.32 Å². The van der Waals surface area contributed by atoms with Crippen molar-refractivity contribution in [2.45, 2.75) is 29.4 Å². The van der Waals surface area contributed by atoms with E-state index < -0.39 is 0 Å². The first-order chi connectivity index (χ1) is 12.2. The van der Waals surface area contributed by atoms with Crippen molar-refractivity contribution in [1.82, 2.24) is 20.0 Å². The van der Waals surface area contributed by atoms with Crippen molar-refractivity contribution in [2.24, 2.45) is 12.0 Å². The van der Waals surface area contributed by atoms with E-state index in [2.05, 4.69) is 63.8 Å². The number of nitrogens with one attached hydrogen (secondary N) is 1. The molecule has 2 unspecified atom stereocenters. The normalized spacial score (nSPS) is 18.5. The summed E-state index contributed by atoms with van der Waals surface area (Å²) in [5, 5.41) is 8.33. The highest BCUT2D eigenvalue weighted by Crippen LogP contribution is 2.27. The molecule has 7 heteroatoms. The molecule has 1 fully saturated rings. The van der Waals surface area contributed by atoms with Crippen molar-refractivity contribution < 1.29 is 0 Å². The summed E-state index contributed by atoms with van der Waals surface area (Å²) in [6.07, 6.45) is 5.27. The standard InChI is InChI=1S/C19H27N5S.HI/c1-15(25-18-7-5-4-6-8-18)11-21-19(20-2)24-10-9-16(14-24)17-12-22-23(3)13-17;/h4-8,12-13,15-16H,9-11,14H2,1-3H3,(H,20,21);1H. The van der Waals surface area contributed by atoms with Gasteiger partial charge in [-0.25, -0.2) is 0 Å². The van der Waals surface area contributed by atoms with Gasteiger partial charge in [0.1, 0.15) is 0 Å². The van der Waals surface area contributed by atoms with Crippen LogP contribution in [0, 0.1) is 0 Å². The molecule has 2 heterocycles. The van der Waals surface area contributed by atoms with E-state index in [0.29, 0.717) is 11.2 Å². The summed E-state index contributed by atoms with van der Waals surface area (Å²) in [4.78, 5) is 8.15. The number of guanidine groups is 1. The first-order valence-corrected chi connectivity index (χ1v) is 9.69. The molecule has 2 atom stereocenters. The van der Waals surface area contributed by atoms with Gasteiger partial charge in [-0.3, -0.25) is 9.67 Å². The van der Waals surface area contributed by atoms with Crippen molar-refractivity contribution in [1.29, 1.82) is 0 Å². The maximum atomic E-state index is 4.48. The third kappa shape index (κ3) is 5.64. The average molecular weight is 485 g/mol. The number of aliphatic imine (C=N–C) groups is 1. The van der Waals surface area contributed by atoms with Crippen LogP contribution in [0.5, 0.6) is 0 Å². The lowest BCUT2D eigenvalue weighted by Crippen LogP contribution is -2.42. The Bertz CT molecular complexity index is 703. The van der Waals surface area contributed by atoms with Gasteiger partial charge in [0, 0.05) is 56.0 Å². The van der Waals surface area contributed by atoms with Crippen LogP contribution >= 0.6 is 35.7 Å². The number of benzene rings is 1. The molecular weight excluding hydrogens is 457 g/mol. The minimum Gasteiger partial charge on any atom is -0.355 e. The van der Waals surface area contributed by atoms with E-state index in [0.717, 1.165) is 32.0 Å². The number of thioether (sulfide) groups is 1. The Morgan fingerprint density at radius 2 is 2.15 bits per heavy atom. The van der Waals surface area contributed by atoms with Crippen molar-refractivity contribution >= 4 is 41.7 Å². The first kappa shape index (κ1) is 21.1. The van der Waals surface area contributed by atoms with Crippen LogP contribution in [0.1, 0.15) is 24.8 Å². The van der Waals surface area contributed by atoms with Crippen molar-refractivity contribution in [2.75, 3.05) is 26.7 Å². The van der Waals surface area contributed by atoms with Gasteiger partial charge in [-0.2, -0.15) is 5.10 Å². The smallest absolute Gasteiger partial charge is 0.193 e. The van der Waals surface area contributed by atoms with Crippen LogP contribution in [0.25, 0.3) is 0 Å². The minimum atomic E-state index is 0. The number of likely N-dealkylation sites (tertiary alicyclic amines) is 1. The van der Waals surface area contributed by atoms with Crippen LogP contribution in [0.2, 0.25) is 0 Å². The zero-order chi connectivity index (χ0) is 17.6. The van der Waals surface area contributed by atoms with Gasteiger partial charge < -0.3 is 10.2 Å². The number of aryl methyl sites for hydroxylation is 1. The van der Waals surface area contributed by atoms with Crippen molar-refractivity contribution in [3.8, 4) is 0 Å². The second-order valence-corrected chi connectivity index (χ2v) is 8.06. The molecule has 0 saturated carbocycles. The van der Waals surface area contributed by atoms with E-state index in [1.165, 1.54) is 10.5 Å². The number of hydrogen-bond donors (Lipinski definition) is 1. The molecule has 26 heavy (non-hydrogen) atoms. The van der Waals surface area contributed by atoms with Gasteiger partial charge in [0.25, 0.3) is 0 Å². The Kier molecular flexibility index (Phi) is 8.27. The van der Waals surface area contributed by atoms with Crippen molar-refractivity contribution in [3.63, 3.8) is 0 Å². The Morgan fingerprint density at radius 1 is 1.38 bits per heavy atom. The molecule has 0 amide bonds. The highest BCUT2D eigenvalue weighted by molar-refractivity contribution is 14.0. The van der Waals surface area contributed by atoms with E-state index in [-0.39, 0.29) is 24.0 Å². The molecule has 1 saturated heterocycles. The lowest BCUT2D eigenvalue weighted by molar-refractivity contribution is 0.486. The van der Waals surface area contributed by atoms with Crippen LogP contribution in [0.3, 0.4) is 0 Å². The molecule has 5 nitrogen and oxygen atoms in total. The number of aromatic nitrogens is 2. The Hall–Kier alpha value is -1.22. The number of nitrogens with zero attached hydrogens (tertiary/aromatic N) is 4. The van der Waals surface area contributed by atoms with Crippen LogP contribution in [-0.4, -0.2) is 52.6 Å². The van der Waals surface area contributed by atoms with Crippen LogP contribution in [0.4, 0.5) is 0 Å². The fourth-order valence-corrected chi connectivity index (χ4v) is 4.16. The number of halogens is 1. The van der Waals surface area contributed by atoms with E-state index in [1.54, 1.807) is 0 Å². The number of rotatable bonds is 5. The van der Waals surface area contributed by atoms with Crippen LogP contribution in [-0.2, 0) is 7.05 Å². The predicted molar refractivity (Wildman–Crippen MR) is 121 cm³/mol. The van der Waals surface area contributed by atoms with Gasteiger partial charge in [0.2, 0.25) is 0 Å². The highest BCUT2D eigenvalue weighted by Gasteiger charge is 2.27. The molecule has 3 rings (SSSR count). The fourth-order valence-electron chi connectivity index (χ4n) is 3.22. The van der Waals surface area contributed by atoms with Crippen LogP contribution in [0.15, 0.2) is 52.6 Å². The summed E-state index contributed by atoms with van der Waals surface area (Å²) in [7, 11) is 3.84. The fraction of sp³-hybridized carbons (Fsp3) is 0.474. The molecule has 1 aliphatic heterocycles. The summed E-state index contributed by atoms with van der Waals surface area (Å²) in [6, 6.07) is 10.6. The molecule has 0 bridgehead atoms. The molecule has 1 N–H and O–H groups in total. The van der Waals surface area contributed by atoms with Gasteiger partial charge >= 0.3 is 0 Å². The molecule has 0 aliphatic carbocycles. The highest BCUT2D eigenvalue weighted by atomic mass is 127. The lowest BCUT2D eigenvalue weighted by Gasteiger charge is -2.23. The Morgan fingerprint density at radius 3 is 2.81 bits per heavy atom. The zero-order valence-corrected chi connectivity index (χ0v) is 18.8. The molecule has 0 spiro atoms.